The molecule has 0 saturated carbocycles. The van der Waals surface area contributed by atoms with Crippen LogP contribution in [0.3, 0.4) is 0 Å². The molecule has 0 spiro atoms. The number of aromatic nitrogens is 4. The highest BCUT2D eigenvalue weighted by molar-refractivity contribution is 5.95. The number of amides is 1. The second-order valence-corrected chi connectivity index (χ2v) is 7.02. The number of benzene rings is 1. The highest BCUT2D eigenvalue weighted by Crippen LogP contribution is 2.40. The second kappa shape index (κ2) is 7.07. The highest BCUT2D eigenvalue weighted by Gasteiger charge is 2.33. The van der Waals surface area contributed by atoms with Gasteiger partial charge in [0.2, 0.25) is 5.91 Å². The number of anilines is 1. The van der Waals surface area contributed by atoms with Gasteiger partial charge in [-0.15, -0.1) is 0 Å². The van der Waals surface area contributed by atoms with Crippen molar-refractivity contribution in [2.24, 2.45) is 0 Å². The first-order valence-electron chi connectivity index (χ1n) is 9.41. The van der Waals surface area contributed by atoms with Crippen molar-refractivity contribution in [2.45, 2.75) is 40.0 Å². The first-order valence-corrected chi connectivity index (χ1v) is 9.41. The molecule has 28 heavy (non-hydrogen) atoms. The van der Waals surface area contributed by atoms with E-state index in [4.69, 9.17) is 4.74 Å². The van der Waals surface area contributed by atoms with Gasteiger partial charge in [0.15, 0.2) is 0 Å². The zero-order valence-electron chi connectivity index (χ0n) is 16.5. The number of fused-ring (bicyclic) bond motifs is 1. The van der Waals surface area contributed by atoms with Crippen molar-refractivity contribution in [3.63, 3.8) is 0 Å². The van der Waals surface area contributed by atoms with Gasteiger partial charge < -0.3 is 10.1 Å². The smallest absolute Gasteiger partial charge is 0.252 e. The highest BCUT2D eigenvalue weighted by atomic mass is 16.5. The van der Waals surface area contributed by atoms with Crippen molar-refractivity contribution in [3.8, 4) is 11.7 Å². The molecule has 144 valence electrons. The minimum Gasteiger partial charge on any atom is -0.494 e. The summed E-state index contributed by atoms with van der Waals surface area (Å²) in [4.78, 5) is 21.5. The molecule has 2 aromatic heterocycles. The molecule has 0 bridgehead atoms. The number of carbonyl (C=O) groups excluding carboxylic acids is 1. The molecule has 3 aromatic rings. The number of rotatable bonds is 4. The molecule has 7 heteroatoms. The van der Waals surface area contributed by atoms with Gasteiger partial charge in [-0.2, -0.15) is 9.78 Å². The Morgan fingerprint density at radius 3 is 2.46 bits per heavy atom. The van der Waals surface area contributed by atoms with Crippen LogP contribution in [0.1, 0.15) is 47.5 Å². The van der Waals surface area contributed by atoms with Crippen LogP contribution in [-0.2, 0) is 4.79 Å². The number of hydrogen-bond acceptors (Lipinski definition) is 5. The maximum Gasteiger partial charge on any atom is 0.252 e. The molecule has 1 unspecified atom stereocenters. The van der Waals surface area contributed by atoms with Crippen LogP contribution < -0.4 is 10.1 Å². The fourth-order valence-electron chi connectivity index (χ4n) is 3.74. The molecule has 1 atom stereocenters. The summed E-state index contributed by atoms with van der Waals surface area (Å²) in [6.07, 6.45) is 0.376. The molecule has 0 saturated heterocycles. The number of aryl methyl sites for hydroxylation is 3. The molecule has 1 aliphatic heterocycles. The van der Waals surface area contributed by atoms with E-state index in [0.717, 1.165) is 34.0 Å². The quantitative estimate of drug-likeness (QED) is 0.753. The molecule has 1 N–H and O–H groups in total. The van der Waals surface area contributed by atoms with Crippen molar-refractivity contribution >= 4 is 11.7 Å². The summed E-state index contributed by atoms with van der Waals surface area (Å²) >= 11 is 0. The summed E-state index contributed by atoms with van der Waals surface area (Å²) < 4.78 is 7.18. The molecule has 1 aromatic carbocycles. The van der Waals surface area contributed by atoms with Crippen LogP contribution in [0, 0.1) is 20.8 Å². The Balaban J connectivity index is 1.81. The van der Waals surface area contributed by atoms with E-state index in [1.807, 2.05) is 58.0 Å². The minimum absolute atomic E-state index is 0.0445. The van der Waals surface area contributed by atoms with E-state index in [1.165, 1.54) is 0 Å². The number of hydrogen-bond donors (Lipinski definition) is 1. The van der Waals surface area contributed by atoms with E-state index < -0.39 is 0 Å². The van der Waals surface area contributed by atoms with Gasteiger partial charge in [0, 0.05) is 29.3 Å². The van der Waals surface area contributed by atoms with Crippen molar-refractivity contribution < 1.29 is 9.53 Å². The molecule has 1 amide bonds. The maximum absolute atomic E-state index is 12.5. The van der Waals surface area contributed by atoms with Crippen LogP contribution in [0.15, 0.2) is 30.3 Å². The lowest BCUT2D eigenvalue weighted by Gasteiger charge is -2.24. The van der Waals surface area contributed by atoms with E-state index >= 15 is 0 Å². The predicted octanol–water partition coefficient (Wildman–Crippen LogP) is 3.46. The largest absolute Gasteiger partial charge is 0.494 e. The zero-order valence-corrected chi connectivity index (χ0v) is 16.5. The van der Waals surface area contributed by atoms with E-state index in [9.17, 15) is 4.79 Å². The normalized spacial score (nSPS) is 15.9. The number of nitrogens with zero attached hydrogens (tertiary/aromatic N) is 4. The van der Waals surface area contributed by atoms with Gasteiger partial charge in [-0.1, -0.05) is 12.1 Å². The van der Waals surface area contributed by atoms with Crippen molar-refractivity contribution in [1.29, 1.82) is 0 Å². The van der Waals surface area contributed by atoms with Crippen LogP contribution in [0.25, 0.3) is 5.95 Å². The third-order valence-corrected chi connectivity index (χ3v) is 4.86. The summed E-state index contributed by atoms with van der Waals surface area (Å²) in [5.74, 6) is 1.82. The van der Waals surface area contributed by atoms with Crippen molar-refractivity contribution in [2.75, 3.05) is 11.9 Å². The van der Waals surface area contributed by atoms with E-state index in [2.05, 4.69) is 20.4 Å². The molecule has 0 fully saturated rings. The average molecular weight is 377 g/mol. The molecule has 1 aliphatic rings. The number of carbonyl (C=O) groups is 1. The Morgan fingerprint density at radius 1 is 1.14 bits per heavy atom. The van der Waals surface area contributed by atoms with Crippen molar-refractivity contribution in [1.82, 2.24) is 19.7 Å². The standard InChI is InChI=1S/C21H23N5O2/c1-5-28-16-8-6-15(7-9-16)17-11-18(27)24-20-19(17)14(4)25-26(20)21-22-12(2)10-13(3)23-21/h6-10,17H,5,11H2,1-4H3,(H,24,27). The van der Waals surface area contributed by atoms with Gasteiger partial charge in [0.1, 0.15) is 11.6 Å². The van der Waals surface area contributed by atoms with E-state index in [-0.39, 0.29) is 11.8 Å². The van der Waals surface area contributed by atoms with Gasteiger partial charge in [-0.05, 0) is 51.5 Å². The van der Waals surface area contributed by atoms with Gasteiger partial charge in [0.25, 0.3) is 5.95 Å². The zero-order chi connectivity index (χ0) is 19.8. The summed E-state index contributed by atoms with van der Waals surface area (Å²) in [5.41, 5.74) is 4.64. The lowest BCUT2D eigenvalue weighted by atomic mass is 9.86. The first kappa shape index (κ1) is 18.2. The number of ether oxygens (including phenoxy) is 1. The Kier molecular flexibility index (Phi) is 4.58. The Bertz CT molecular complexity index is 1020. The van der Waals surface area contributed by atoms with E-state index in [0.29, 0.717) is 24.8 Å². The Morgan fingerprint density at radius 2 is 1.82 bits per heavy atom. The van der Waals surface area contributed by atoms with Crippen molar-refractivity contribution in [3.05, 3.63) is 58.5 Å². The number of nitrogens with one attached hydrogen (secondary N) is 1. The van der Waals surface area contributed by atoms with Crippen LogP contribution in [0.5, 0.6) is 5.75 Å². The lowest BCUT2D eigenvalue weighted by molar-refractivity contribution is -0.116. The third-order valence-electron chi connectivity index (χ3n) is 4.86. The SMILES string of the molecule is CCOc1ccc(C2CC(=O)Nc3c2c(C)nn3-c2nc(C)cc(C)n2)cc1. The molecular formula is C21H23N5O2. The van der Waals surface area contributed by atoms with Crippen LogP contribution in [0.2, 0.25) is 0 Å². The molecule has 7 nitrogen and oxygen atoms in total. The topological polar surface area (TPSA) is 81.9 Å². The first-order chi connectivity index (χ1) is 13.5. The fraction of sp³-hybridized carbons (Fsp3) is 0.333. The monoisotopic (exact) mass is 377 g/mol. The maximum atomic E-state index is 12.5. The van der Waals surface area contributed by atoms with Crippen LogP contribution in [-0.4, -0.2) is 32.3 Å². The van der Waals surface area contributed by atoms with Gasteiger partial charge in [-0.25, -0.2) is 9.97 Å². The van der Waals surface area contributed by atoms with Crippen LogP contribution >= 0.6 is 0 Å². The Labute approximate surface area is 163 Å². The fourth-order valence-corrected chi connectivity index (χ4v) is 3.74. The minimum atomic E-state index is -0.0703. The summed E-state index contributed by atoms with van der Waals surface area (Å²) in [6, 6.07) is 9.83. The van der Waals surface area contributed by atoms with Gasteiger partial charge in [0.05, 0.1) is 12.3 Å². The molecule has 0 radical (unpaired) electrons. The summed E-state index contributed by atoms with van der Waals surface area (Å²) in [7, 11) is 0. The molecular weight excluding hydrogens is 354 g/mol. The second-order valence-electron chi connectivity index (χ2n) is 7.02. The predicted molar refractivity (Wildman–Crippen MR) is 106 cm³/mol. The summed E-state index contributed by atoms with van der Waals surface area (Å²) in [6.45, 7) is 8.37. The average Bonchev–Trinajstić information content (AvgIpc) is 2.98. The lowest BCUT2D eigenvalue weighted by Crippen LogP contribution is -2.25. The van der Waals surface area contributed by atoms with E-state index in [1.54, 1.807) is 4.68 Å². The molecule has 4 rings (SSSR count). The van der Waals surface area contributed by atoms with Gasteiger partial charge in [-0.3, -0.25) is 4.79 Å². The molecule has 0 aliphatic carbocycles. The van der Waals surface area contributed by atoms with Gasteiger partial charge >= 0.3 is 0 Å². The summed E-state index contributed by atoms with van der Waals surface area (Å²) in [5, 5.41) is 7.63. The van der Waals surface area contributed by atoms with Crippen LogP contribution in [0.4, 0.5) is 5.82 Å². The Hall–Kier alpha value is -3.22. The third kappa shape index (κ3) is 3.24. The molecule has 3 heterocycles.